The lowest BCUT2D eigenvalue weighted by molar-refractivity contribution is 0.760. The molecule has 0 bridgehead atoms. The zero-order valence-electron chi connectivity index (χ0n) is 13.3. The zero-order valence-corrected chi connectivity index (χ0v) is 14.9. The Balaban J connectivity index is 1.71. The summed E-state index contributed by atoms with van der Waals surface area (Å²) in [4.78, 5) is 23.2. The molecule has 3 aromatic heterocycles. The predicted molar refractivity (Wildman–Crippen MR) is 101 cm³/mol. The van der Waals surface area contributed by atoms with Crippen molar-refractivity contribution in [3.63, 3.8) is 0 Å². The highest BCUT2D eigenvalue weighted by atomic mass is 35.5. The average Bonchev–Trinajstić information content (AvgIpc) is 3.26. The molecule has 4 aromatic rings. The number of aromatic amines is 1. The summed E-state index contributed by atoms with van der Waals surface area (Å²) in [5.41, 5.74) is 1.78. The SMILES string of the molecule is CN(Cc1cccs1)c1cnn(-c2nc3ccccc3[nH]2)c(=O)c1Cl. The van der Waals surface area contributed by atoms with E-state index in [1.54, 1.807) is 17.5 Å². The Kier molecular flexibility index (Phi) is 4.03. The average molecular weight is 372 g/mol. The molecular weight excluding hydrogens is 358 g/mol. The van der Waals surface area contributed by atoms with Gasteiger partial charge >= 0.3 is 0 Å². The fourth-order valence-corrected chi connectivity index (χ4v) is 3.63. The number of hydrogen-bond donors (Lipinski definition) is 1. The Morgan fingerprint density at radius 1 is 1.28 bits per heavy atom. The highest BCUT2D eigenvalue weighted by Crippen LogP contribution is 2.23. The molecule has 0 aliphatic rings. The zero-order chi connectivity index (χ0) is 17.4. The summed E-state index contributed by atoms with van der Waals surface area (Å²) in [5.74, 6) is 0.348. The van der Waals surface area contributed by atoms with Gasteiger partial charge in [0, 0.05) is 11.9 Å². The largest absolute Gasteiger partial charge is 0.367 e. The minimum atomic E-state index is -0.406. The number of H-pyrrole nitrogens is 1. The fourth-order valence-electron chi connectivity index (χ4n) is 2.60. The number of rotatable bonds is 4. The number of nitrogens with zero attached hydrogens (tertiary/aromatic N) is 4. The molecule has 25 heavy (non-hydrogen) atoms. The number of fused-ring (bicyclic) bond motifs is 1. The van der Waals surface area contributed by atoms with Crippen molar-refractivity contribution in [2.45, 2.75) is 6.54 Å². The van der Waals surface area contributed by atoms with Crippen LogP contribution in [0.3, 0.4) is 0 Å². The summed E-state index contributed by atoms with van der Waals surface area (Å²) in [7, 11) is 1.88. The van der Waals surface area contributed by atoms with Crippen LogP contribution in [0.4, 0.5) is 5.69 Å². The Morgan fingerprint density at radius 2 is 2.12 bits per heavy atom. The highest BCUT2D eigenvalue weighted by Gasteiger charge is 2.16. The lowest BCUT2D eigenvalue weighted by Crippen LogP contribution is -2.26. The summed E-state index contributed by atoms with van der Waals surface area (Å²) >= 11 is 7.98. The van der Waals surface area contributed by atoms with Gasteiger partial charge in [-0.1, -0.05) is 29.8 Å². The van der Waals surface area contributed by atoms with Crippen LogP contribution in [-0.4, -0.2) is 26.8 Å². The van der Waals surface area contributed by atoms with Crippen LogP contribution in [0.25, 0.3) is 17.0 Å². The van der Waals surface area contributed by atoms with E-state index in [9.17, 15) is 4.79 Å². The number of thiophene rings is 1. The standard InChI is InChI=1S/C17H14ClN5OS/c1-22(10-11-5-4-8-25-11)14-9-19-23(16(24)15(14)18)17-20-12-6-2-3-7-13(12)21-17/h2-9H,10H2,1H3,(H,20,21). The molecule has 0 saturated carbocycles. The van der Waals surface area contributed by atoms with E-state index in [2.05, 4.69) is 15.1 Å². The normalized spacial score (nSPS) is 11.1. The van der Waals surface area contributed by atoms with Gasteiger partial charge < -0.3 is 9.88 Å². The number of nitrogens with one attached hydrogen (secondary N) is 1. The number of hydrogen-bond acceptors (Lipinski definition) is 5. The lowest BCUT2D eigenvalue weighted by atomic mass is 10.3. The smallest absolute Gasteiger partial charge is 0.295 e. The Labute approximate surface area is 152 Å². The molecule has 0 aliphatic carbocycles. The number of anilines is 1. The third-order valence-electron chi connectivity index (χ3n) is 3.86. The van der Waals surface area contributed by atoms with E-state index in [4.69, 9.17) is 11.6 Å². The van der Waals surface area contributed by atoms with Gasteiger partial charge in [0.15, 0.2) is 0 Å². The number of imidazole rings is 1. The van der Waals surface area contributed by atoms with Crippen LogP contribution in [0.1, 0.15) is 4.88 Å². The minimum Gasteiger partial charge on any atom is -0.367 e. The summed E-state index contributed by atoms with van der Waals surface area (Å²) in [6, 6.07) is 11.6. The summed E-state index contributed by atoms with van der Waals surface area (Å²) in [5, 5.41) is 6.38. The molecule has 0 unspecified atom stereocenters. The topological polar surface area (TPSA) is 66.8 Å². The van der Waals surface area contributed by atoms with Crippen molar-refractivity contribution >= 4 is 39.7 Å². The first-order valence-corrected chi connectivity index (χ1v) is 8.86. The van der Waals surface area contributed by atoms with Gasteiger partial charge in [-0.3, -0.25) is 4.79 Å². The summed E-state index contributed by atoms with van der Waals surface area (Å²) in [6.45, 7) is 0.660. The molecule has 0 aliphatic heterocycles. The molecule has 1 N–H and O–H groups in total. The second kappa shape index (κ2) is 6.34. The number of para-hydroxylation sites is 2. The van der Waals surface area contributed by atoms with E-state index < -0.39 is 5.56 Å². The Hall–Kier alpha value is -2.64. The van der Waals surface area contributed by atoms with E-state index in [-0.39, 0.29) is 5.02 Å². The highest BCUT2D eigenvalue weighted by molar-refractivity contribution is 7.09. The third kappa shape index (κ3) is 2.92. The molecule has 0 atom stereocenters. The molecule has 6 nitrogen and oxygen atoms in total. The maximum atomic E-state index is 12.7. The molecule has 8 heteroatoms. The number of halogens is 1. The molecule has 3 heterocycles. The second-order valence-corrected chi connectivity index (χ2v) is 6.98. The van der Waals surface area contributed by atoms with E-state index in [1.807, 2.05) is 53.7 Å². The van der Waals surface area contributed by atoms with Crippen LogP contribution in [0.2, 0.25) is 5.02 Å². The van der Waals surface area contributed by atoms with Crippen molar-refractivity contribution in [1.29, 1.82) is 0 Å². The number of benzene rings is 1. The quantitative estimate of drug-likeness (QED) is 0.596. The maximum Gasteiger partial charge on any atom is 0.295 e. The Morgan fingerprint density at radius 3 is 2.88 bits per heavy atom. The fraction of sp³-hybridized carbons (Fsp3) is 0.118. The first kappa shape index (κ1) is 15.9. The van der Waals surface area contributed by atoms with Gasteiger partial charge in [-0.2, -0.15) is 9.78 Å². The van der Waals surface area contributed by atoms with Crippen molar-refractivity contribution < 1.29 is 0 Å². The van der Waals surface area contributed by atoms with Crippen LogP contribution >= 0.6 is 22.9 Å². The third-order valence-corrected chi connectivity index (χ3v) is 5.08. The minimum absolute atomic E-state index is 0.120. The predicted octanol–water partition coefficient (Wildman–Crippen LogP) is 3.46. The van der Waals surface area contributed by atoms with Crippen LogP contribution in [0.5, 0.6) is 0 Å². The van der Waals surface area contributed by atoms with Crippen LogP contribution in [-0.2, 0) is 6.54 Å². The lowest BCUT2D eigenvalue weighted by Gasteiger charge is -2.19. The maximum absolute atomic E-state index is 12.7. The van der Waals surface area contributed by atoms with E-state index in [1.165, 1.54) is 9.56 Å². The van der Waals surface area contributed by atoms with Gasteiger partial charge in [0.05, 0.1) is 29.5 Å². The summed E-state index contributed by atoms with van der Waals surface area (Å²) in [6.07, 6.45) is 1.59. The first-order chi connectivity index (χ1) is 12.1. The Bertz CT molecular complexity index is 1050. The van der Waals surface area contributed by atoms with E-state index in [0.29, 0.717) is 18.2 Å². The van der Waals surface area contributed by atoms with Gasteiger partial charge in [-0.15, -0.1) is 11.3 Å². The molecule has 4 rings (SSSR count). The van der Waals surface area contributed by atoms with Crippen molar-refractivity contribution in [2.75, 3.05) is 11.9 Å². The molecular formula is C17H14ClN5OS. The van der Waals surface area contributed by atoms with Gasteiger partial charge in [-0.25, -0.2) is 4.98 Å². The molecule has 0 spiro atoms. The molecule has 0 radical (unpaired) electrons. The molecule has 0 amide bonds. The summed E-state index contributed by atoms with van der Waals surface area (Å²) < 4.78 is 1.19. The van der Waals surface area contributed by atoms with Crippen molar-refractivity contribution in [1.82, 2.24) is 19.7 Å². The molecule has 0 fully saturated rings. The van der Waals surface area contributed by atoms with Crippen LogP contribution in [0.15, 0.2) is 52.8 Å². The molecule has 1 aromatic carbocycles. The monoisotopic (exact) mass is 371 g/mol. The number of aromatic nitrogens is 4. The first-order valence-electron chi connectivity index (χ1n) is 7.60. The van der Waals surface area contributed by atoms with E-state index >= 15 is 0 Å². The van der Waals surface area contributed by atoms with Crippen molar-refractivity contribution in [3.8, 4) is 5.95 Å². The van der Waals surface area contributed by atoms with Crippen molar-refractivity contribution in [2.24, 2.45) is 0 Å². The molecule has 0 saturated heterocycles. The van der Waals surface area contributed by atoms with Crippen LogP contribution < -0.4 is 10.5 Å². The second-order valence-electron chi connectivity index (χ2n) is 5.57. The van der Waals surface area contributed by atoms with Gasteiger partial charge in [0.1, 0.15) is 5.02 Å². The molecule has 126 valence electrons. The van der Waals surface area contributed by atoms with Gasteiger partial charge in [-0.05, 0) is 23.6 Å². The van der Waals surface area contributed by atoms with Crippen molar-refractivity contribution in [3.05, 3.63) is 68.2 Å². The van der Waals surface area contributed by atoms with Crippen LogP contribution in [0, 0.1) is 0 Å². The van der Waals surface area contributed by atoms with Gasteiger partial charge in [0.25, 0.3) is 5.56 Å². The van der Waals surface area contributed by atoms with Gasteiger partial charge in [0.2, 0.25) is 5.95 Å². The van der Waals surface area contributed by atoms with E-state index in [0.717, 1.165) is 11.0 Å².